The lowest BCUT2D eigenvalue weighted by Crippen LogP contribution is -2.36. The van der Waals surface area contributed by atoms with Gasteiger partial charge in [0.05, 0.1) is 5.69 Å². The standard InChI is InChI=1S/C17H16ClFN2O2/c18-13-8-9-15(14(19)11-13)21-17(23)16(22)20-10-4-7-12-5-2-1-3-6-12/h1-3,5-6,8-9,11H,4,7,10H2,(H,20,22)(H,21,23). The van der Waals surface area contributed by atoms with Crippen molar-refractivity contribution in [3.05, 3.63) is 64.9 Å². The van der Waals surface area contributed by atoms with Crippen LogP contribution in [-0.2, 0) is 16.0 Å². The SMILES string of the molecule is O=C(NCCCc1ccccc1)C(=O)Nc1ccc(Cl)cc1F. The Morgan fingerprint density at radius 2 is 1.78 bits per heavy atom. The van der Waals surface area contributed by atoms with Crippen LogP contribution in [0.2, 0.25) is 5.02 Å². The number of hydrogen-bond donors (Lipinski definition) is 2. The van der Waals surface area contributed by atoms with Crippen LogP contribution < -0.4 is 10.6 Å². The van der Waals surface area contributed by atoms with Gasteiger partial charge in [0.1, 0.15) is 5.82 Å². The van der Waals surface area contributed by atoms with Gasteiger partial charge in [0, 0.05) is 11.6 Å². The summed E-state index contributed by atoms with van der Waals surface area (Å²) in [4.78, 5) is 23.4. The first-order valence-corrected chi connectivity index (χ1v) is 7.52. The van der Waals surface area contributed by atoms with Gasteiger partial charge in [-0.2, -0.15) is 0 Å². The van der Waals surface area contributed by atoms with Gasteiger partial charge in [0.2, 0.25) is 0 Å². The van der Waals surface area contributed by atoms with E-state index in [0.29, 0.717) is 13.0 Å². The maximum atomic E-state index is 13.5. The first kappa shape index (κ1) is 17.0. The monoisotopic (exact) mass is 334 g/mol. The normalized spacial score (nSPS) is 10.2. The van der Waals surface area contributed by atoms with Gasteiger partial charge >= 0.3 is 11.8 Å². The Bertz CT molecular complexity index is 692. The molecule has 0 radical (unpaired) electrons. The molecule has 0 aliphatic rings. The van der Waals surface area contributed by atoms with Crippen LogP contribution in [0.4, 0.5) is 10.1 Å². The van der Waals surface area contributed by atoms with Crippen LogP contribution in [0.5, 0.6) is 0 Å². The molecule has 0 aliphatic heterocycles. The summed E-state index contributed by atoms with van der Waals surface area (Å²) in [5.41, 5.74) is 1.08. The summed E-state index contributed by atoms with van der Waals surface area (Å²) in [7, 11) is 0. The molecule has 0 heterocycles. The van der Waals surface area contributed by atoms with Crippen molar-refractivity contribution in [2.45, 2.75) is 12.8 Å². The van der Waals surface area contributed by atoms with Gasteiger partial charge in [-0.15, -0.1) is 0 Å². The number of benzene rings is 2. The van der Waals surface area contributed by atoms with Crippen molar-refractivity contribution in [3.63, 3.8) is 0 Å². The van der Waals surface area contributed by atoms with Crippen LogP contribution in [0.1, 0.15) is 12.0 Å². The van der Waals surface area contributed by atoms with Crippen molar-refractivity contribution in [3.8, 4) is 0 Å². The van der Waals surface area contributed by atoms with E-state index >= 15 is 0 Å². The second-order valence-corrected chi connectivity index (χ2v) is 5.36. The molecule has 0 bridgehead atoms. The smallest absolute Gasteiger partial charge is 0.313 e. The van der Waals surface area contributed by atoms with Gasteiger partial charge in [-0.25, -0.2) is 4.39 Å². The molecule has 2 N–H and O–H groups in total. The number of anilines is 1. The number of nitrogens with one attached hydrogen (secondary N) is 2. The maximum Gasteiger partial charge on any atom is 0.313 e. The van der Waals surface area contributed by atoms with Crippen molar-refractivity contribution < 1.29 is 14.0 Å². The maximum absolute atomic E-state index is 13.5. The number of carbonyl (C=O) groups is 2. The van der Waals surface area contributed by atoms with E-state index in [1.807, 2.05) is 30.3 Å². The molecule has 0 aliphatic carbocycles. The molecule has 0 saturated carbocycles. The summed E-state index contributed by atoms with van der Waals surface area (Å²) < 4.78 is 13.5. The summed E-state index contributed by atoms with van der Waals surface area (Å²) in [6, 6.07) is 13.6. The highest BCUT2D eigenvalue weighted by molar-refractivity contribution is 6.39. The molecule has 4 nitrogen and oxygen atoms in total. The minimum Gasteiger partial charge on any atom is -0.348 e. The highest BCUT2D eigenvalue weighted by Crippen LogP contribution is 2.18. The van der Waals surface area contributed by atoms with E-state index in [0.717, 1.165) is 18.1 Å². The number of halogens is 2. The molecule has 0 aromatic heterocycles. The Hall–Kier alpha value is -2.40. The fourth-order valence-electron chi connectivity index (χ4n) is 1.99. The van der Waals surface area contributed by atoms with Crippen LogP contribution in [0.25, 0.3) is 0 Å². The molecule has 2 aromatic rings. The third-order valence-electron chi connectivity index (χ3n) is 3.16. The van der Waals surface area contributed by atoms with Gasteiger partial charge < -0.3 is 10.6 Å². The predicted octanol–water partition coefficient (Wildman–Crippen LogP) is 3.17. The van der Waals surface area contributed by atoms with Crippen molar-refractivity contribution in [1.82, 2.24) is 5.32 Å². The molecule has 2 aromatic carbocycles. The Labute approximate surface area is 138 Å². The molecule has 2 rings (SSSR count). The van der Waals surface area contributed by atoms with E-state index < -0.39 is 17.6 Å². The van der Waals surface area contributed by atoms with E-state index in [-0.39, 0.29) is 10.7 Å². The van der Waals surface area contributed by atoms with Crippen LogP contribution in [0, 0.1) is 5.82 Å². The summed E-state index contributed by atoms with van der Waals surface area (Å²) in [5.74, 6) is -2.40. The second kappa shape index (κ2) is 8.29. The topological polar surface area (TPSA) is 58.2 Å². The van der Waals surface area contributed by atoms with E-state index in [1.54, 1.807) is 0 Å². The minimum absolute atomic E-state index is 0.0844. The molecule has 0 atom stereocenters. The first-order valence-electron chi connectivity index (χ1n) is 7.14. The van der Waals surface area contributed by atoms with Crippen LogP contribution in [0.3, 0.4) is 0 Å². The molecule has 23 heavy (non-hydrogen) atoms. The fourth-order valence-corrected chi connectivity index (χ4v) is 2.15. The second-order valence-electron chi connectivity index (χ2n) is 4.92. The zero-order valence-electron chi connectivity index (χ0n) is 12.3. The van der Waals surface area contributed by atoms with E-state index in [4.69, 9.17) is 11.6 Å². The summed E-state index contributed by atoms with van der Waals surface area (Å²) in [6.07, 6.45) is 1.51. The Morgan fingerprint density at radius 3 is 2.48 bits per heavy atom. The van der Waals surface area contributed by atoms with Gasteiger partial charge in [0.15, 0.2) is 0 Å². The van der Waals surface area contributed by atoms with Crippen LogP contribution >= 0.6 is 11.6 Å². The summed E-state index contributed by atoms with van der Waals surface area (Å²) >= 11 is 5.62. The Balaban J connectivity index is 1.75. The van der Waals surface area contributed by atoms with Crippen molar-refractivity contribution >= 4 is 29.1 Å². The van der Waals surface area contributed by atoms with Crippen molar-refractivity contribution in [1.29, 1.82) is 0 Å². The van der Waals surface area contributed by atoms with Crippen molar-refractivity contribution in [2.75, 3.05) is 11.9 Å². The molecular weight excluding hydrogens is 319 g/mol. The predicted molar refractivity (Wildman–Crippen MR) is 87.8 cm³/mol. The lowest BCUT2D eigenvalue weighted by molar-refractivity contribution is -0.136. The van der Waals surface area contributed by atoms with E-state index in [2.05, 4.69) is 10.6 Å². The molecule has 6 heteroatoms. The zero-order valence-corrected chi connectivity index (χ0v) is 13.1. The van der Waals surface area contributed by atoms with Gasteiger partial charge in [-0.3, -0.25) is 9.59 Å². The van der Waals surface area contributed by atoms with E-state index in [1.165, 1.54) is 12.1 Å². The van der Waals surface area contributed by atoms with Crippen LogP contribution in [0.15, 0.2) is 48.5 Å². The highest BCUT2D eigenvalue weighted by atomic mass is 35.5. The van der Waals surface area contributed by atoms with Gasteiger partial charge in [-0.05, 0) is 36.6 Å². The third-order valence-corrected chi connectivity index (χ3v) is 3.39. The van der Waals surface area contributed by atoms with Gasteiger partial charge in [0.25, 0.3) is 0 Å². The molecular formula is C17H16ClFN2O2. The lowest BCUT2D eigenvalue weighted by Gasteiger charge is -2.07. The summed E-state index contributed by atoms with van der Waals surface area (Å²) in [5, 5.41) is 4.93. The average Bonchev–Trinajstić information content (AvgIpc) is 2.55. The lowest BCUT2D eigenvalue weighted by atomic mass is 10.1. The largest absolute Gasteiger partial charge is 0.348 e. The van der Waals surface area contributed by atoms with Gasteiger partial charge in [-0.1, -0.05) is 41.9 Å². The molecule has 120 valence electrons. The fraction of sp³-hybridized carbons (Fsp3) is 0.176. The molecule has 0 fully saturated rings. The Morgan fingerprint density at radius 1 is 1.04 bits per heavy atom. The molecule has 0 saturated heterocycles. The van der Waals surface area contributed by atoms with Crippen molar-refractivity contribution in [2.24, 2.45) is 0 Å². The number of carbonyl (C=O) groups excluding carboxylic acids is 2. The molecule has 2 amide bonds. The number of amides is 2. The quantitative estimate of drug-likeness (QED) is 0.652. The molecule has 0 unspecified atom stereocenters. The number of rotatable bonds is 5. The summed E-state index contributed by atoms with van der Waals surface area (Å²) in [6.45, 7) is 0.365. The Kier molecular flexibility index (Phi) is 6.11. The van der Waals surface area contributed by atoms with E-state index in [9.17, 15) is 14.0 Å². The number of aryl methyl sites for hydroxylation is 1. The van der Waals surface area contributed by atoms with Crippen LogP contribution in [-0.4, -0.2) is 18.4 Å². The molecule has 0 spiro atoms. The first-order chi connectivity index (χ1) is 11.1. The third kappa shape index (κ3) is 5.38. The highest BCUT2D eigenvalue weighted by Gasteiger charge is 2.15. The minimum atomic E-state index is -0.911. The number of hydrogen-bond acceptors (Lipinski definition) is 2. The zero-order chi connectivity index (χ0) is 16.7. The average molecular weight is 335 g/mol.